The van der Waals surface area contributed by atoms with E-state index in [0.29, 0.717) is 23.2 Å². The molecule has 0 aliphatic carbocycles. The molecule has 2 heterocycles. The van der Waals surface area contributed by atoms with Crippen LogP contribution in [0.4, 0.5) is 5.69 Å². The lowest BCUT2D eigenvalue weighted by Crippen LogP contribution is -2.36. The summed E-state index contributed by atoms with van der Waals surface area (Å²) in [7, 11) is 0.187. The predicted octanol–water partition coefficient (Wildman–Crippen LogP) is 3.48. The Morgan fingerprint density at radius 1 is 0.938 bits per heavy atom. The zero-order chi connectivity index (χ0) is 22.5. The summed E-state index contributed by atoms with van der Waals surface area (Å²) in [5, 5.41) is 1.61. The molecule has 8 heteroatoms. The Bertz CT molecular complexity index is 1530. The van der Waals surface area contributed by atoms with Crippen molar-refractivity contribution in [3.05, 3.63) is 77.2 Å². The van der Waals surface area contributed by atoms with Crippen molar-refractivity contribution in [3.63, 3.8) is 0 Å². The average Bonchev–Trinajstić information content (AvgIpc) is 3.13. The van der Waals surface area contributed by atoms with Crippen LogP contribution in [0.25, 0.3) is 27.5 Å². The molecule has 0 atom stereocenters. The first-order valence-corrected chi connectivity index (χ1v) is 11.9. The zero-order valence-electron chi connectivity index (χ0n) is 17.9. The number of imidazole rings is 1. The van der Waals surface area contributed by atoms with Crippen molar-refractivity contribution in [2.45, 2.75) is 11.3 Å². The standard InChI is InChI=1S/C24H24N4O3S/c1-26(2)21-11-5-8-19-18(21)7-6-12-23(19)32(30,31)27-15-13-17(14-16-27)28-22-10-4-3-9-20(22)25-24(28)29/h3-13H,14-16H2,1-2H3,(H,25,29). The summed E-state index contributed by atoms with van der Waals surface area (Å²) in [5.74, 6) is 0. The summed E-state index contributed by atoms with van der Waals surface area (Å²) in [6, 6.07) is 18.6. The molecule has 1 N–H and O–H groups in total. The number of rotatable bonds is 4. The van der Waals surface area contributed by atoms with E-state index in [1.807, 2.05) is 73.6 Å². The molecular formula is C24H24N4O3S. The number of sulfonamides is 1. The summed E-state index contributed by atoms with van der Waals surface area (Å²) < 4.78 is 30.2. The second-order valence-corrected chi connectivity index (χ2v) is 10.0. The molecule has 0 saturated heterocycles. The van der Waals surface area contributed by atoms with E-state index in [1.54, 1.807) is 16.7 Å². The molecule has 7 nitrogen and oxygen atoms in total. The van der Waals surface area contributed by atoms with E-state index in [0.717, 1.165) is 27.8 Å². The highest BCUT2D eigenvalue weighted by atomic mass is 32.2. The van der Waals surface area contributed by atoms with Crippen molar-refractivity contribution in [3.8, 4) is 0 Å². The lowest BCUT2D eigenvalue weighted by atomic mass is 10.1. The van der Waals surface area contributed by atoms with Gasteiger partial charge in [0, 0.05) is 55.8 Å². The Morgan fingerprint density at radius 3 is 2.44 bits per heavy atom. The van der Waals surface area contributed by atoms with E-state index < -0.39 is 10.0 Å². The van der Waals surface area contributed by atoms with Crippen molar-refractivity contribution >= 4 is 43.2 Å². The fourth-order valence-electron chi connectivity index (χ4n) is 4.42. The van der Waals surface area contributed by atoms with Gasteiger partial charge in [0.2, 0.25) is 10.0 Å². The van der Waals surface area contributed by atoms with Gasteiger partial charge in [-0.3, -0.25) is 4.57 Å². The first kappa shape index (κ1) is 20.5. The van der Waals surface area contributed by atoms with E-state index in [-0.39, 0.29) is 12.2 Å². The Labute approximate surface area is 186 Å². The second-order valence-electron chi connectivity index (χ2n) is 8.11. The van der Waals surface area contributed by atoms with Gasteiger partial charge in [-0.1, -0.05) is 36.4 Å². The van der Waals surface area contributed by atoms with Gasteiger partial charge in [-0.15, -0.1) is 0 Å². The largest absolute Gasteiger partial charge is 0.377 e. The number of H-pyrrole nitrogens is 1. The van der Waals surface area contributed by atoms with Gasteiger partial charge < -0.3 is 9.88 Å². The van der Waals surface area contributed by atoms with E-state index in [4.69, 9.17) is 0 Å². The monoisotopic (exact) mass is 448 g/mol. The quantitative estimate of drug-likeness (QED) is 0.518. The van der Waals surface area contributed by atoms with Crippen LogP contribution < -0.4 is 10.6 Å². The number of anilines is 1. The molecule has 0 bridgehead atoms. The lowest BCUT2D eigenvalue weighted by molar-refractivity contribution is 0.438. The van der Waals surface area contributed by atoms with Crippen LogP contribution in [-0.4, -0.2) is 49.5 Å². The summed E-state index contributed by atoms with van der Waals surface area (Å²) >= 11 is 0. The van der Waals surface area contributed by atoms with Gasteiger partial charge in [0.1, 0.15) is 0 Å². The number of hydrogen-bond acceptors (Lipinski definition) is 4. The van der Waals surface area contributed by atoms with Gasteiger partial charge in [0.25, 0.3) is 0 Å². The van der Waals surface area contributed by atoms with Crippen molar-refractivity contribution in [1.82, 2.24) is 13.9 Å². The van der Waals surface area contributed by atoms with Crippen molar-refractivity contribution in [2.24, 2.45) is 0 Å². The number of hydrogen-bond donors (Lipinski definition) is 1. The molecule has 0 unspecified atom stereocenters. The maximum Gasteiger partial charge on any atom is 0.330 e. The summed E-state index contributed by atoms with van der Waals surface area (Å²) in [4.78, 5) is 17.6. The van der Waals surface area contributed by atoms with E-state index in [1.165, 1.54) is 4.31 Å². The Morgan fingerprint density at radius 2 is 1.69 bits per heavy atom. The third-order valence-electron chi connectivity index (χ3n) is 5.98. The van der Waals surface area contributed by atoms with Crippen LogP contribution in [0.1, 0.15) is 6.42 Å². The molecule has 0 radical (unpaired) electrons. The minimum Gasteiger partial charge on any atom is -0.377 e. The first-order valence-electron chi connectivity index (χ1n) is 10.5. The van der Waals surface area contributed by atoms with Crippen LogP contribution in [0.5, 0.6) is 0 Å². The van der Waals surface area contributed by atoms with E-state index in [2.05, 4.69) is 4.98 Å². The maximum absolute atomic E-state index is 13.6. The fraction of sp³-hybridized carbons (Fsp3) is 0.208. The van der Waals surface area contributed by atoms with Gasteiger partial charge >= 0.3 is 5.69 Å². The van der Waals surface area contributed by atoms with E-state index in [9.17, 15) is 13.2 Å². The SMILES string of the molecule is CN(C)c1cccc2c(S(=O)(=O)N3CC=C(n4c(=O)[nH]c5ccccc54)CC3)cccc12. The van der Waals surface area contributed by atoms with Crippen LogP contribution in [0, 0.1) is 0 Å². The minimum absolute atomic E-state index is 0.209. The topological polar surface area (TPSA) is 78.4 Å². The highest BCUT2D eigenvalue weighted by Gasteiger charge is 2.29. The molecule has 1 aromatic heterocycles. The third-order valence-corrected chi connectivity index (χ3v) is 7.91. The molecule has 32 heavy (non-hydrogen) atoms. The summed E-state index contributed by atoms with van der Waals surface area (Å²) in [5.41, 5.74) is 3.14. The Hall–Kier alpha value is -3.36. The van der Waals surface area contributed by atoms with Crippen LogP contribution in [0.15, 0.2) is 76.4 Å². The third kappa shape index (κ3) is 3.23. The number of aromatic nitrogens is 2. The lowest BCUT2D eigenvalue weighted by Gasteiger charge is -2.27. The van der Waals surface area contributed by atoms with Crippen molar-refractivity contribution < 1.29 is 8.42 Å². The smallest absolute Gasteiger partial charge is 0.330 e. The van der Waals surface area contributed by atoms with Crippen molar-refractivity contribution in [1.29, 1.82) is 0 Å². The molecule has 1 aliphatic heterocycles. The van der Waals surface area contributed by atoms with Gasteiger partial charge in [0.15, 0.2) is 0 Å². The number of aromatic amines is 1. The fourth-order valence-corrected chi connectivity index (χ4v) is 6.01. The molecule has 0 amide bonds. The predicted molar refractivity (Wildman–Crippen MR) is 128 cm³/mol. The normalized spacial score (nSPS) is 15.2. The van der Waals surface area contributed by atoms with Crippen LogP contribution in [0.3, 0.4) is 0 Å². The van der Waals surface area contributed by atoms with Gasteiger partial charge in [-0.2, -0.15) is 4.31 Å². The van der Waals surface area contributed by atoms with Crippen LogP contribution >= 0.6 is 0 Å². The minimum atomic E-state index is -3.70. The molecule has 0 fully saturated rings. The van der Waals surface area contributed by atoms with Gasteiger partial charge in [0.05, 0.1) is 15.9 Å². The molecule has 3 aromatic carbocycles. The maximum atomic E-state index is 13.6. The number of para-hydroxylation sites is 2. The average molecular weight is 449 g/mol. The van der Waals surface area contributed by atoms with Crippen LogP contribution in [0.2, 0.25) is 0 Å². The van der Waals surface area contributed by atoms with E-state index >= 15 is 0 Å². The molecular weight excluding hydrogens is 424 g/mol. The number of benzene rings is 3. The Balaban J connectivity index is 1.52. The molecule has 0 spiro atoms. The molecule has 0 saturated carbocycles. The first-order chi connectivity index (χ1) is 15.4. The zero-order valence-corrected chi connectivity index (χ0v) is 18.8. The van der Waals surface area contributed by atoms with Gasteiger partial charge in [-0.05, 0) is 30.3 Å². The number of nitrogens with one attached hydrogen (secondary N) is 1. The second kappa shape index (κ2) is 7.65. The van der Waals surface area contributed by atoms with Crippen LogP contribution in [-0.2, 0) is 10.0 Å². The summed E-state index contributed by atoms with van der Waals surface area (Å²) in [6.45, 7) is 0.525. The molecule has 164 valence electrons. The van der Waals surface area contributed by atoms with Crippen molar-refractivity contribution in [2.75, 3.05) is 32.1 Å². The van der Waals surface area contributed by atoms with Gasteiger partial charge in [-0.25, -0.2) is 13.2 Å². The number of nitrogens with zero attached hydrogens (tertiary/aromatic N) is 3. The Kier molecular flexibility index (Phi) is 4.91. The molecule has 4 aromatic rings. The molecule has 5 rings (SSSR count). The number of fused-ring (bicyclic) bond motifs is 2. The molecule has 1 aliphatic rings. The highest BCUT2D eigenvalue weighted by Crippen LogP contribution is 2.32. The highest BCUT2D eigenvalue weighted by molar-refractivity contribution is 7.89. The summed E-state index contributed by atoms with van der Waals surface area (Å²) in [6.07, 6.45) is 2.29.